The molecule has 1 aromatic rings. The van der Waals surface area contributed by atoms with E-state index >= 15 is 0 Å². The number of hydrogen-bond donors (Lipinski definition) is 1. The molecule has 2 fully saturated rings. The molecule has 1 atom stereocenters. The molecule has 0 spiro atoms. The molecule has 1 saturated carbocycles. The molecule has 4 heteroatoms. The highest BCUT2D eigenvalue weighted by Gasteiger charge is 2.26. The number of anilines is 1. The summed E-state index contributed by atoms with van der Waals surface area (Å²) < 4.78 is 19.1. The van der Waals surface area contributed by atoms with Crippen LogP contribution in [0.3, 0.4) is 0 Å². The maximum atomic E-state index is 13.9. The van der Waals surface area contributed by atoms with Gasteiger partial charge in [-0.05, 0) is 50.8 Å². The summed E-state index contributed by atoms with van der Waals surface area (Å²) in [6, 6.07) is 6.07. The predicted octanol–water partition coefficient (Wildman–Crippen LogP) is 2.80. The standard InChI is InChI=1S/C16H23FN2O/c1-2-20-16-6-5-14(9-15(16)17)19-8-7-12(11-19)10-18-13-3-4-13/h5-6,9,12-13,18H,2-4,7-8,10-11H2,1H3. The number of nitrogens with one attached hydrogen (secondary N) is 1. The molecule has 0 aromatic heterocycles. The highest BCUT2D eigenvalue weighted by atomic mass is 19.1. The zero-order valence-electron chi connectivity index (χ0n) is 12.1. The fraction of sp³-hybridized carbons (Fsp3) is 0.625. The second kappa shape index (κ2) is 6.00. The smallest absolute Gasteiger partial charge is 0.167 e. The van der Waals surface area contributed by atoms with E-state index in [1.807, 2.05) is 13.0 Å². The molecule has 1 aliphatic heterocycles. The van der Waals surface area contributed by atoms with Gasteiger partial charge in [-0.3, -0.25) is 0 Å². The molecule has 3 nitrogen and oxygen atoms in total. The van der Waals surface area contributed by atoms with Crippen molar-refractivity contribution in [3.63, 3.8) is 0 Å². The lowest BCUT2D eigenvalue weighted by atomic mass is 10.1. The highest BCUT2D eigenvalue weighted by molar-refractivity contribution is 5.50. The molecule has 0 bridgehead atoms. The van der Waals surface area contributed by atoms with E-state index in [4.69, 9.17) is 4.74 Å². The van der Waals surface area contributed by atoms with Crippen molar-refractivity contribution in [2.75, 3.05) is 31.1 Å². The third kappa shape index (κ3) is 3.23. The minimum atomic E-state index is -0.260. The van der Waals surface area contributed by atoms with Crippen molar-refractivity contribution >= 4 is 5.69 Å². The Hall–Kier alpha value is -1.29. The van der Waals surface area contributed by atoms with Crippen molar-refractivity contribution in [1.82, 2.24) is 5.32 Å². The Morgan fingerprint density at radius 1 is 1.35 bits per heavy atom. The maximum Gasteiger partial charge on any atom is 0.167 e. The molecule has 1 heterocycles. The van der Waals surface area contributed by atoms with Crippen LogP contribution in [0.1, 0.15) is 26.2 Å². The summed E-state index contributed by atoms with van der Waals surface area (Å²) in [4.78, 5) is 2.28. The fourth-order valence-corrected chi connectivity index (χ4v) is 2.81. The van der Waals surface area contributed by atoms with Crippen molar-refractivity contribution in [3.05, 3.63) is 24.0 Å². The molecule has 110 valence electrons. The molecular formula is C16H23FN2O. The van der Waals surface area contributed by atoms with Gasteiger partial charge in [0.25, 0.3) is 0 Å². The van der Waals surface area contributed by atoms with Crippen LogP contribution in [0.5, 0.6) is 5.75 Å². The SMILES string of the molecule is CCOc1ccc(N2CCC(CNC3CC3)C2)cc1F. The molecule has 1 N–H and O–H groups in total. The Balaban J connectivity index is 1.57. The van der Waals surface area contributed by atoms with Crippen molar-refractivity contribution in [2.45, 2.75) is 32.2 Å². The summed E-state index contributed by atoms with van der Waals surface area (Å²) in [5.41, 5.74) is 0.972. The van der Waals surface area contributed by atoms with Gasteiger partial charge in [-0.15, -0.1) is 0 Å². The van der Waals surface area contributed by atoms with E-state index in [2.05, 4.69) is 10.2 Å². The average molecular weight is 278 g/mol. The van der Waals surface area contributed by atoms with E-state index in [-0.39, 0.29) is 5.82 Å². The summed E-state index contributed by atoms with van der Waals surface area (Å²) in [7, 11) is 0. The van der Waals surface area contributed by atoms with Crippen molar-refractivity contribution in [2.24, 2.45) is 5.92 Å². The van der Waals surface area contributed by atoms with Crippen LogP contribution in [0.15, 0.2) is 18.2 Å². The van der Waals surface area contributed by atoms with Crippen LogP contribution in [0, 0.1) is 11.7 Å². The molecule has 20 heavy (non-hydrogen) atoms. The van der Waals surface area contributed by atoms with Gasteiger partial charge in [-0.25, -0.2) is 4.39 Å². The topological polar surface area (TPSA) is 24.5 Å². The average Bonchev–Trinajstić information content (AvgIpc) is 3.16. The Labute approximate surface area is 120 Å². The molecule has 2 aliphatic rings. The quantitative estimate of drug-likeness (QED) is 0.866. The predicted molar refractivity (Wildman–Crippen MR) is 78.9 cm³/mol. The molecule has 1 aromatic carbocycles. The molecule has 0 amide bonds. The summed E-state index contributed by atoms with van der Waals surface area (Å²) in [5, 5.41) is 3.59. The highest BCUT2D eigenvalue weighted by Crippen LogP contribution is 2.28. The second-order valence-electron chi connectivity index (χ2n) is 5.83. The Kier molecular flexibility index (Phi) is 4.10. The molecule has 3 rings (SSSR count). The van der Waals surface area contributed by atoms with E-state index in [1.54, 1.807) is 12.1 Å². The minimum Gasteiger partial charge on any atom is -0.491 e. The Morgan fingerprint density at radius 2 is 2.20 bits per heavy atom. The van der Waals surface area contributed by atoms with Gasteiger partial charge in [-0.2, -0.15) is 0 Å². The van der Waals surface area contributed by atoms with Crippen LogP contribution < -0.4 is 15.0 Å². The number of hydrogen-bond acceptors (Lipinski definition) is 3. The third-order valence-electron chi connectivity index (χ3n) is 4.14. The van der Waals surface area contributed by atoms with Gasteiger partial charge in [0.05, 0.1) is 6.61 Å². The first-order valence-electron chi connectivity index (χ1n) is 7.67. The van der Waals surface area contributed by atoms with Crippen LogP contribution >= 0.6 is 0 Å². The number of benzene rings is 1. The van der Waals surface area contributed by atoms with Crippen molar-refractivity contribution in [1.29, 1.82) is 0 Å². The van der Waals surface area contributed by atoms with Gasteiger partial charge in [0, 0.05) is 30.9 Å². The van der Waals surface area contributed by atoms with Crippen molar-refractivity contribution < 1.29 is 9.13 Å². The second-order valence-corrected chi connectivity index (χ2v) is 5.83. The summed E-state index contributed by atoms with van der Waals surface area (Å²) in [6.07, 6.45) is 3.86. The first-order valence-corrected chi connectivity index (χ1v) is 7.67. The number of ether oxygens (including phenoxy) is 1. The normalized spacial score (nSPS) is 22.3. The van der Waals surface area contributed by atoms with E-state index in [0.29, 0.717) is 18.3 Å². The van der Waals surface area contributed by atoms with Crippen LogP contribution in [0.2, 0.25) is 0 Å². The number of rotatable bonds is 6. The lowest BCUT2D eigenvalue weighted by Crippen LogP contribution is -2.27. The van der Waals surface area contributed by atoms with Gasteiger partial charge < -0.3 is 15.0 Å². The fourth-order valence-electron chi connectivity index (χ4n) is 2.81. The van der Waals surface area contributed by atoms with Gasteiger partial charge in [0.2, 0.25) is 0 Å². The Morgan fingerprint density at radius 3 is 2.90 bits per heavy atom. The molecule has 1 aliphatic carbocycles. The monoisotopic (exact) mass is 278 g/mol. The summed E-state index contributed by atoms with van der Waals surface area (Å²) in [6.45, 7) is 5.50. The maximum absolute atomic E-state index is 13.9. The van der Waals surface area contributed by atoms with Gasteiger partial charge in [0.15, 0.2) is 11.6 Å². The van der Waals surface area contributed by atoms with Gasteiger partial charge in [0.1, 0.15) is 0 Å². The molecule has 1 unspecified atom stereocenters. The first kappa shape index (κ1) is 13.7. The largest absolute Gasteiger partial charge is 0.491 e. The lowest BCUT2D eigenvalue weighted by molar-refractivity contribution is 0.321. The van der Waals surface area contributed by atoms with E-state index < -0.39 is 0 Å². The number of halogens is 1. The molecule has 0 radical (unpaired) electrons. The number of nitrogens with zero attached hydrogens (tertiary/aromatic N) is 1. The van der Waals surface area contributed by atoms with Crippen LogP contribution in [-0.4, -0.2) is 32.3 Å². The minimum absolute atomic E-state index is 0.260. The zero-order chi connectivity index (χ0) is 13.9. The molecular weight excluding hydrogens is 255 g/mol. The zero-order valence-corrected chi connectivity index (χ0v) is 12.1. The third-order valence-corrected chi connectivity index (χ3v) is 4.14. The van der Waals surface area contributed by atoms with Gasteiger partial charge in [-0.1, -0.05) is 0 Å². The van der Waals surface area contributed by atoms with Crippen LogP contribution in [0.4, 0.5) is 10.1 Å². The Bertz CT molecular complexity index is 462. The lowest BCUT2D eigenvalue weighted by Gasteiger charge is -2.19. The first-order chi connectivity index (χ1) is 9.76. The van der Waals surface area contributed by atoms with Gasteiger partial charge >= 0.3 is 0 Å². The molecule has 1 saturated heterocycles. The summed E-state index contributed by atoms with van der Waals surface area (Å²) >= 11 is 0. The van der Waals surface area contributed by atoms with Crippen LogP contribution in [-0.2, 0) is 0 Å². The van der Waals surface area contributed by atoms with E-state index in [9.17, 15) is 4.39 Å². The van der Waals surface area contributed by atoms with Crippen molar-refractivity contribution in [3.8, 4) is 5.75 Å². The van der Waals surface area contributed by atoms with E-state index in [1.165, 1.54) is 19.3 Å². The summed E-state index contributed by atoms with van der Waals surface area (Å²) in [5.74, 6) is 0.775. The van der Waals surface area contributed by atoms with E-state index in [0.717, 1.165) is 31.4 Å². The van der Waals surface area contributed by atoms with Crippen LogP contribution in [0.25, 0.3) is 0 Å².